The Bertz CT molecular complexity index is 655. The zero-order chi connectivity index (χ0) is 15.9. The first-order chi connectivity index (χ1) is 10.8. The van der Waals surface area contributed by atoms with E-state index in [0.29, 0.717) is 0 Å². The quantitative estimate of drug-likeness (QED) is 0.533. The van der Waals surface area contributed by atoms with E-state index in [2.05, 4.69) is 35.8 Å². The molecule has 0 fully saturated rings. The number of aryl methyl sites for hydroxylation is 1. The minimum atomic E-state index is 0.723. The number of benzene rings is 1. The molecule has 2 aromatic rings. The number of rotatable bonds is 9. The number of allylic oxidation sites excluding steroid dienone is 1. The summed E-state index contributed by atoms with van der Waals surface area (Å²) in [5, 5.41) is 19.5. The van der Waals surface area contributed by atoms with Crippen molar-refractivity contribution in [2.24, 2.45) is 0 Å². The summed E-state index contributed by atoms with van der Waals surface area (Å²) in [7, 11) is 0. The molecule has 0 unspecified atom stereocenters. The first-order valence-corrected chi connectivity index (χ1v) is 8.26. The lowest BCUT2D eigenvalue weighted by molar-refractivity contribution is 0.759. The summed E-state index contributed by atoms with van der Waals surface area (Å²) in [5.41, 5.74) is 6.58. The predicted octanol–water partition coefficient (Wildman–Crippen LogP) is 4.37. The maximum absolute atomic E-state index is 7.92. The minimum Gasteiger partial charge on any atom is -0.308 e. The van der Waals surface area contributed by atoms with Gasteiger partial charge in [0.15, 0.2) is 0 Å². The first-order valence-electron chi connectivity index (χ1n) is 8.26. The van der Waals surface area contributed by atoms with E-state index < -0.39 is 0 Å². The van der Waals surface area contributed by atoms with Gasteiger partial charge in [-0.05, 0) is 48.8 Å². The predicted molar refractivity (Wildman–Crippen MR) is 92.9 cm³/mol. The number of unbranched alkanes of at least 4 members (excludes halogenated alkanes) is 2. The van der Waals surface area contributed by atoms with Gasteiger partial charge in [0.25, 0.3) is 0 Å². The average Bonchev–Trinajstić information content (AvgIpc) is 3.01. The topological polar surface area (TPSA) is 65.4 Å². The molecule has 0 radical (unpaired) electrons. The molecule has 2 rings (SSSR count). The van der Waals surface area contributed by atoms with Gasteiger partial charge < -0.3 is 5.41 Å². The summed E-state index contributed by atoms with van der Waals surface area (Å²) < 4.78 is 0. The van der Waals surface area contributed by atoms with Crippen molar-refractivity contribution in [2.45, 2.75) is 58.8 Å². The van der Waals surface area contributed by atoms with Crippen molar-refractivity contribution >= 4 is 17.2 Å². The molecule has 0 aliphatic rings. The van der Waals surface area contributed by atoms with E-state index in [9.17, 15) is 0 Å². The molecule has 1 heterocycles. The van der Waals surface area contributed by atoms with Crippen molar-refractivity contribution in [3.05, 3.63) is 34.9 Å². The van der Waals surface area contributed by atoms with Crippen LogP contribution < -0.4 is 0 Å². The summed E-state index contributed by atoms with van der Waals surface area (Å²) in [6.07, 6.45) is 10.7. The fourth-order valence-corrected chi connectivity index (χ4v) is 3.05. The van der Waals surface area contributed by atoms with E-state index in [1.807, 2.05) is 6.08 Å². The van der Waals surface area contributed by atoms with Crippen LogP contribution >= 0.6 is 0 Å². The molecule has 0 atom stereocenters. The number of hydrogen-bond acceptors (Lipinski definition) is 3. The van der Waals surface area contributed by atoms with Crippen molar-refractivity contribution < 1.29 is 0 Å². The molecule has 4 heteroatoms. The van der Waals surface area contributed by atoms with Gasteiger partial charge in [0.05, 0.1) is 0 Å². The number of H-pyrrole nitrogens is 1. The Morgan fingerprint density at radius 2 is 1.59 bits per heavy atom. The van der Waals surface area contributed by atoms with Gasteiger partial charge in [-0.3, -0.25) is 0 Å². The Hall–Kier alpha value is -1.97. The van der Waals surface area contributed by atoms with Crippen LogP contribution in [-0.4, -0.2) is 21.6 Å². The first kappa shape index (κ1) is 16.4. The fraction of sp³-hybridized carbons (Fsp3) is 0.500. The van der Waals surface area contributed by atoms with Crippen molar-refractivity contribution in [1.82, 2.24) is 15.4 Å². The van der Waals surface area contributed by atoms with E-state index in [0.717, 1.165) is 67.1 Å². The van der Waals surface area contributed by atoms with Crippen molar-refractivity contribution in [1.29, 1.82) is 5.41 Å². The number of aromatic nitrogens is 3. The van der Waals surface area contributed by atoms with Crippen molar-refractivity contribution in [2.75, 3.05) is 0 Å². The average molecular weight is 298 g/mol. The summed E-state index contributed by atoms with van der Waals surface area (Å²) in [6, 6.07) is 0. The summed E-state index contributed by atoms with van der Waals surface area (Å²) >= 11 is 0. The highest BCUT2D eigenvalue weighted by atomic mass is 15.3. The van der Waals surface area contributed by atoms with E-state index in [1.54, 1.807) is 0 Å². The lowest BCUT2D eigenvalue weighted by atomic mass is 9.88. The molecule has 0 saturated heterocycles. The van der Waals surface area contributed by atoms with E-state index in [-0.39, 0.29) is 0 Å². The SMILES string of the molecule is C=CCc1c(C=N)c(CCCC)c(CCCC)c2n[nH]nc12. The standard InChI is InChI=1S/C18H26N4/c1-4-7-10-13-15(11-8-5-2)18-17(20-22-21-18)14(9-6-3)16(13)12-19/h6,12,19H,3-5,7-11H2,1-2H3,(H,20,21,22). The molecule has 0 aliphatic heterocycles. The second-order valence-electron chi connectivity index (χ2n) is 5.71. The molecule has 22 heavy (non-hydrogen) atoms. The highest BCUT2D eigenvalue weighted by Gasteiger charge is 2.19. The number of aromatic amines is 1. The zero-order valence-electron chi connectivity index (χ0n) is 13.7. The Labute approximate surface area is 132 Å². The molecule has 2 N–H and O–H groups in total. The Kier molecular flexibility index (Phi) is 5.87. The summed E-state index contributed by atoms with van der Waals surface area (Å²) in [5.74, 6) is 0. The van der Waals surface area contributed by atoms with Gasteiger partial charge in [0.1, 0.15) is 11.0 Å². The molecule has 0 saturated carbocycles. The largest absolute Gasteiger partial charge is 0.308 e. The van der Waals surface area contributed by atoms with Crippen LogP contribution in [0.3, 0.4) is 0 Å². The number of fused-ring (bicyclic) bond motifs is 1. The maximum Gasteiger partial charge on any atom is 0.117 e. The normalized spacial score (nSPS) is 11.0. The van der Waals surface area contributed by atoms with Gasteiger partial charge in [-0.15, -0.1) is 6.58 Å². The molecule has 0 aliphatic carbocycles. The van der Waals surface area contributed by atoms with E-state index in [1.165, 1.54) is 17.3 Å². The third-order valence-electron chi connectivity index (χ3n) is 4.19. The van der Waals surface area contributed by atoms with Gasteiger partial charge in [0.2, 0.25) is 0 Å². The van der Waals surface area contributed by atoms with Crippen LogP contribution in [0.5, 0.6) is 0 Å². The van der Waals surface area contributed by atoms with Crippen LogP contribution in [-0.2, 0) is 19.3 Å². The molecule has 1 aromatic carbocycles. The zero-order valence-corrected chi connectivity index (χ0v) is 13.7. The Morgan fingerprint density at radius 3 is 2.14 bits per heavy atom. The number of hydrogen-bond donors (Lipinski definition) is 2. The van der Waals surface area contributed by atoms with E-state index in [4.69, 9.17) is 5.41 Å². The van der Waals surface area contributed by atoms with Gasteiger partial charge in [-0.25, -0.2) is 0 Å². The molecular weight excluding hydrogens is 272 g/mol. The van der Waals surface area contributed by atoms with Crippen LogP contribution in [0.4, 0.5) is 0 Å². The van der Waals surface area contributed by atoms with Crippen LogP contribution in [0, 0.1) is 5.41 Å². The molecule has 118 valence electrons. The maximum atomic E-state index is 7.92. The van der Waals surface area contributed by atoms with Crippen LogP contribution in [0.15, 0.2) is 12.7 Å². The van der Waals surface area contributed by atoms with Gasteiger partial charge >= 0.3 is 0 Å². The van der Waals surface area contributed by atoms with Crippen molar-refractivity contribution in [3.63, 3.8) is 0 Å². The number of nitrogens with one attached hydrogen (secondary N) is 2. The molecule has 0 bridgehead atoms. The number of nitrogens with zero attached hydrogens (tertiary/aromatic N) is 2. The van der Waals surface area contributed by atoms with Crippen molar-refractivity contribution in [3.8, 4) is 0 Å². The highest BCUT2D eigenvalue weighted by molar-refractivity contribution is 5.94. The second-order valence-corrected chi connectivity index (χ2v) is 5.71. The third kappa shape index (κ3) is 3.11. The third-order valence-corrected chi connectivity index (χ3v) is 4.19. The van der Waals surface area contributed by atoms with Gasteiger partial charge in [-0.1, -0.05) is 32.8 Å². The second kappa shape index (κ2) is 7.87. The molecule has 0 amide bonds. The lowest BCUT2D eigenvalue weighted by Crippen LogP contribution is -2.06. The fourth-order valence-electron chi connectivity index (χ4n) is 3.05. The van der Waals surface area contributed by atoms with Gasteiger partial charge in [0, 0.05) is 11.8 Å². The Balaban J connectivity index is 2.70. The summed E-state index contributed by atoms with van der Waals surface area (Å²) in [4.78, 5) is 0. The Morgan fingerprint density at radius 1 is 1.00 bits per heavy atom. The smallest absolute Gasteiger partial charge is 0.117 e. The van der Waals surface area contributed by atoms with E-state index >= 15 is 0 Å². The highest BCUT2D eigenvalue weighted by Crippen LogP contribution is 2.30. The molecule has 4 nitrogen and oxygen atoms in total. The lowest BCUT2D eigenvalue weighted by Gasteiger charge is -2.16. The van der Waals surface area contributed by atoms with Gasteiger partial charge in [-0.2, -0.15) is 15.4 Å². The monoisotopic (exact) mass is 298 g/mol. The molecule has 0 spiro atoms. The van der Waals surface area contributed by atoms with Crippen LogP contribution in [0.1, 0.15) is 61.8 Å². The summed E-state index contributed by atoms with van der Waals surface area (Å²) in [6.45, 7) is 8.26. The molecular formula is C18H26N4. The minimum absolute atomic E-state index is 0.723. The molecule has 1 aromatic heterocycles. The van der Waals surface area contributed by atoms with Crippen LogP contribution in [0.2, 0.25) is 0 Å². The van der Waals surface area contributed by atoms with Crippen LogP contribution in [0.25, 0.3) is 11.0 Å².